The van der Waals surface area contributed by atoms with E-state index in [1.165, 1.54) is 30.3 Å². The van der Waals surface area contributed by atoms with Crippen molar-refractivity contribution in [1.82, 2.24) is 0 Å². The van der Waals surface area contributed by atoms with Gasteiger partial charge in [-0.25, -0.2) is 8.78 Å². The van der Waals surface area contributed by atoms with Crippen molar-refractivity contribution in [3.8, 4) is 0 Å². The monoisotopic (exact) mass is 363 g/mol. The summed E-state index contributed by atoms with van der Waals surface area (Å²) in [6.07, 6.45) is 1.92. The van der Waals surface area contributed by atoms with E-state index in [1.54, 1.807) is 6.07 Å². The van der Waals surface area contributed by atoms with Crippen LogP contribution in [0.4, 0.5) is 20.2 Å². The molecular weight excluding hydrogens is 348 g/mol. The Labute approximate surface area is 144 Å². The van der Waals surface area contributed by atoms with Gasteiger partial charge in [0.25, 0.3) is 10.0 Å². The molecule has 0 unspecified atom stereocenters. The Morgan fingerprint density at radius 2 is 1.68 bits per heavy atom. The van der Waals surface area contributed by atoms with E-state index in [4.69, 9.17) is 0 Å². The second-order valence-electron chi connectivity index (χ2n) is 5.98. The molecule has 1 saturated heterocycles. The topological polar surface area (TPSA) is 61.8 Å². The first-order valence-corrected chi connectivity index (χ1v) is 9.36. The molecule has 2 heterocycles. The van der Waals surface area contributed by atoms with Crippen LogP contribution in [0.1, 0.15) is 18.4 Å². The van der Waals surface area contributed by atoms with Gasteiger partial charge in [0.2, 0.25) is 0 Å². The molecular formula is C17H15F2N3O2S. The lowest BCUT2D eigenvalue weighted by molar-refractivity contribution is 0.595. The molecule has 5 nitrogen and oxygen atoms in total. The molecule has 0 amide bonds. The Bertz CT molecular complexity index is 983. The van der Waals surface area contributed by atoms with Crippen molar-refractivity contribution in [3.63, 3.8) is 0 Å². The van der Waals surface area contributed by atoms with Crippen molar-refractivity contribution in [1.29, 1.82) is 0 Å². The quantitative estimate of drug-likeness (QED) is 0.891. The van der Waals surface area contributed by atoms with Crippen LogP contribution in [0.15, 0.2) is 45.7 Å². The smallest absolute Gasteiger partial charge is 0.285 e. The van der Waals surface area contributed by atoms with Gasteiger partial charge >= 0.3 is 0 Å². The molecule has 0 aromatic heterocycles. The number of anilines is 2. The SMILES string of the molecule is O=S1(=O)N=C(Nc2cccc(F)c2N2CCCC2)c2c(F)cccc21. The summed E-state index contributed by atoms with van der Waals surface area (Å²) in [5, 5.41) is 2.83. The summed E-state index contributed by atoms with van der Waals surface area (Å²) >= 11 is 0. The summed E-state index contributed by atoms with van der Waals surface area (Å²) in [7, 11) is -3.96. The Morgan fingerprint density at radius 1 is 1.00 bits per heavy atom. The third-order valence-corrected chi connectivity index (χ3v) is 5.68. The Balaban J connectivity index is 1.79. The Morgan fingerprint density at radius 3 is 2.44 bits per heavy atom. The first kappa shape index (κ1) is 16.0. The minimum atomic E-state index is -3.96. The highest BCUT2D eigenvalue weighted by Gasteiger charge is 2.32. The maximum Gasteiger partial charge on any atom is 0.285 e. The van der Waals surface area contributed by atoms with Crippen LogP contribution in [-0.2, 0) is 10.0 Å². The van der Waals surface area contributed by atoms with E-state index in [0.29, 0.717) is 24.5 Å². The summed E-state index contributed by atoms with van der Waals surface area (Å²) in [5.41, 5.74) is 0.607. The standard InChI is InChI=1S/C17H15F2N3O2S/c18-11-5-4-8-14-15(11)17(21-25(14,23)24)20-13-7-3-6-12(19)16(13)22-9-1-2-10-22/h3-8H,1-2,9-10H2,(H,20,21). The van der Waals surface area contributed by atoms with Gasteiger partial charge in [0.05, 0.1) is 16.9 Å². The zero-order valence-electron chi connectivity index (χ0n) is 13.2. The number of rotatable bonds is 2. The van der Waals surface area contributed by atoms with E-state index >= 15 is 0 Å². The molecule has 0 atom stereocenters. The van der Waals surface area contributed by atoms with Crippen molar-refractivity contribution in [2.75, 3.05) is 23.3 Å². The number of para-hydroxylation sites is 1. The minimum absolute atomic E-state index is 0.112. The first-order valence-electron chi connectivity index (χ1n) is 7.92. The van der Waals surface area contributed by atoms with Crippen LogP contribution < -0.4 is 10.2 Å². The average molecular weight is 363 g/mol. The fourth-order valence-electron chi connectivity index (χ4n) is 3.26. The van der Waals surface area contributed by atoms with Gasteiger partial charge in [-0.15, -0.1) is 4.40 Å². The Hall–Kier alpha value is -2.48. The molecule has 8 heteroatoms. The second-order valence-corrected chi connectivity index (χ2v) is 7.56. The molecule has 25 heavy (non-hydrogen) atoms. The summed E-state index contributed by atoms with van der Waals surface area (Å²) in [6.45, 7) is 1.43. The van der Waals surface area contributed by atoms with Gasteiger partial charge < -0.3 is 10.2 Å². The summed E-state index contributed by atoms with van der Waals surface area (Å²) in [6, 6.07) is 8.29. The van der Waals surface area contributed by atoms with E-state index in [2.05, 4.69) is 9.71 Å². The van der Waals surface area contributed by atoms with Crippen LogP contribution in [0.2, 0.25) is 0 Å². The molecule has 2 aliphatic rings. The van der Waals surface area contributed by atoms with Crippen LogP contribution in [0.3, 0.4) is 0 Å². The number of benzene rings is 2. The summed E-state index contributed by atoms with van der Waals surface area (Å²) in [4.78, 5) is 1.71. The zero-order valence-corrected chi connectivity index (χ0v) is 14.0. The minimum Gasteiger partial charge on any atom is -0.367 e. The molecule has 0 bridgehead atoms. The van der Waals surface area contributed by atoms with Crippen molar-refractivity contribution < 1.29 is 17.2 Å². The molecule has 0 saturated carbocycles. The maximum absolute atomic E-state index is 14.4. The molecule has 0 aliphatic carbocycles. The van der Waals surface area contributed by atoms with Gasteiger partial charge in [-0.2, -0.15) is 8.42 Å². The van der Waals surface area contributed by atoms with E-state index in [-0.39, 0.29) is 16.3 Å². The molecule has 2 aliphatic heterocycles. The number of amidine groups is 1. The average Bonchev–Trinajstić information content (AvgIpc) is 3.15. The van der Waals surface area contributed by atoms with E-state index in [1.807, 2.05) is 4.90 Å². The van der Waals surface area contributed by atoms with Crippen LogP contribution in [0.5, 0.6) is 0 Å². The fourth-order valence-corrected chi connectivity index (χ4v) is 4.43. The van der Waals surface area contributed by atoms with Crippen molar-refractivity contribution in [2.45, 2.75) is 17.7 Å². The highest BCUT2D eigenvalue weighted by atomic mass is 32.2. The number of nitrogens with zero attached hydrogens (tertiary/aromatic N) is 2. The number of fused-ring (bicyclic) bond motifs is 1. The van der Waals surface area contributed by atoms with Gasteiger partial charge in [0.1, 0.15) is 16.5 Å². The second kappa shape index (κ2) is 5.80. The molecule has 0 radical (unpaired) electrons. The maximum atomic E-state index is 14.4. The van der Waals surface area contributed by atoms with Crippen molar-refractivity contribution in [2.24, 2.45) is 4.40 Å². The summed E-state index contributed by atoms with van der Waals surface area (Å²) < 4.78 is 56.5. The van der Waals surface area contributed by atoms with E-state index in [0.717, 1.165) is 12.8 Å². The van der Waals surface area contributed by atoms with Gasteiger partial charge in [0.15, 0.2) is 5.84 Å². The van der Waals surface area contributed by atoms with Gasteiger partial charge in [-0.3, -0.25) is 0 Å². The zero-order chi connectivity index (χ0) is 17.6. The summed E-state index contributed by atoms with van der Waals surface area (Å²) in [5.74, 6) is -1.23. The lowest BCUT2D eigenvalue weighted by Gasteiger charge is -2.22. The molecule has 0 spiro atoms. The van der Waals surface area contributed by atoms with Gasteiger partial charge in [-0.1, -0.05) is 12.1 Å². The number of hydrogen-bond acceptors (Lipinski definition) is 4. The van der Waals surface area contributed by atoms with E-state index < -0.39 is 21.7 Å². The number of hydrogen-bond donors (Lipinski definition) is 1. The predicted octanol–water partition coefficient (Wildman–Crippen LogP) is 3.13. The third kappa shape index (κ3) is 2.66. The normalized spacial score (nSPS) is 18.2. The lowest BCUT2D eigenvalue weighted by Crippen LogP contribution is -2.22. The van der Waals surface area contributed by atoms with Crippen LogP contribution in [-0.4, -0.2) is 27.3 Å². The molecule has 4 rings (SSSR count). The lowest BCUT2D eigenvalue weighted by atomic mass is 10.1. The highest BCUT2D eigenvalue weighted by molar-refractivity contribution is 7.90. The number of sulfonamides is 1. The van der Waals surface area contributed by atoms with Gasteiger partial charge in [-0.05, 0) is 37.1 Å². The molecule has 2 aromatic rings. The van der Waals surface area contributed by atoms with Crippen LogP contribution >= 0.6 is 0 Å². The van der Waals surface area contributed by atoms with Crippen LogP contribution in [0.25, 0.3) is 0 Å². The third-order valence-electron chi connectivity index (χ3n) is 4.36. The molecule has 2 aromatic carbocycles. The number of nitrogens with one attached hydrogen (secondary N) is 1. The largest absolute Gasteiger partial charge is 0.367 e. The predicted molar refractivity (Wildman–Crippen MR) is 91.6 cm³/mol. The number of halogens is 2. The fraction of sp³-hybridized carbons (Fsp3) is 0.235. The van der Waals surface area contributed by atoms with Crippen LogP contribution in [0, 0.1) is 11.6 Å². The molecule has 1 fully saturated rings. The van der Waals surface area contributed by atoms with Gasteiger partial charge in [0, 0.05) is 13.1 Å². The highest BCUT2D eigenvalue weighted by Crippen LogP contribution is 2.34. The van der Waals surface area contributed by atoms with E-state index in [9.17, 15) is 17.2 Å². The molecule has 1 N–H and O–H groups in total. The first-order chi connectivity index (χ1) is 12.0. The Kier molecular flexibility index (Phi) is 3.72. The molecule has 130 valence electrons. The van der Waals surface area contributed by atoms with Crippen molar-refractivity contribution >= 4 is 27.2 Å². The van der Waals surface area contributed by atoms with Crippen molar-refractivity contribution in [3.05, 3.63) is 53.6 Å².